The molecule has 0 aliphatic carbocycles. The topological polar surface area (TPSA) is 29.1 Å². The van der Waals surface area contributed by atoms with Crippen LogP contribution in [0, 0.1) is 0 Å². The zero-order valence-corrected chi connectivity index (χ0v) is 12.1. The second kappa shape index (κ2) is 14.0. The summed E-state index contributed by atoms with van der Waals surface area (Å²) in [5, 5.41) is 2.55. The molecule has 0 aliphatic heterocycles. The average Bonchev–Trinajstić information content (AvgIpc) is 2.39. The summed E-state index contributed by atoms with van der Waals surface area (Å²) in [5.41, 5.74) is 0. The van der Waals surface area contributed by atoms with Gasteiger partial charge in [-0.1, -0.05) is 70.1 Å². The fraction of sp³-hybridized carbons (Fsp3) is 0.688. The first kappa shape index (κ1) is 16.9. The van der Waals surface area contributed by atoms with Crippen LogP contribution in [0.1, 0.15) is 64.7 Å². The van der Waals surface area contributed by atoms with Crippen LogP contribution >= 0.6 is 0 Å². The van der Waals surface area contributed by atoms with Gasteiger partial charge in [0, 0.05) is 13.1 Å². The molecule has 1 amide bonds. The molecule has 0 aliphatic rings. The normalized spacial score (nSPS) is 11.4. The summed E-state index contributed by atoms with van der Waals surface area (Å²) in [6.45, 7) is 2.25. The van der Waals surface area contributed by atoms with Gasteiger partial charge in [0.05, 0.1) is 0 Å². The van der Waals surface area contributed by atoms with Gasteiger partial charge < -0.3 is 5.32 Å². The Hall–Kier alpha value is -1.05. The van der Waals surface area contributed by atoms with Crippen molar-refractivity contribution in [3.05, 3.63) is 24.3 Å². The van der Waals surface area contributed by atoms with Crippen molar-refractivity contribution in [1.29, 1.82) is 0 Å². The van der Waals surface area contributed by atoms with Crippen molar-refractivity contribution in [2.75, 3.05) is 7.05 Å². The van der Waals surface area contributed by atoms with Crippen LogP contribution < -0.4 is 5.32 Å². The Kier molecular flexibility index (Phi) is 13.2. The number of hydrogen-bond donors (Lipinski definition) is 1. The van der Waals surface area contributed by atoms with Crippen molar-refractivity contribution in [2.24, 2.45) is 0 Å². The summed E-state index contributed by atoms with van der Waals surface area (Å²) < 4.78 is 0. The molecule has 0 saturated carbocycles. The van der Waals surface area contributed by atoms with E-state index >= 15 is 0 Å². The van der Waals surface area contributed by atoms with Gasteiger partial charge >= 0.3 is 0 Å². The van der Waals surface area contributed by atoms with Crippen molar-refractivity contribution in [1.82, 2.24) is 5.32 Å². The lowest BCUT2D eigenvalue weighted by Gasteiger charge is -1.99. The Morgan fingerprint density at radius 2 is 1.56 bits per heavy atom. The predicted molar refractivity (Wildman–Crippen MR) is 79.6 cm³/mol. The quantitative estimate of drug-likeness (QED) is 0.329. The fourth-order valence-electron chi connectivity index (χ4n) is 1.80. The van der Waals surface area contributed by atoms with Crippen LogP contribution in [0.5, 0.6) is 0 Å². The van der Waals surface area contributed by atoms with E-state index in [1.54, 1.807) is 19.2 Å². The monoisotopic (exact) mass is 251 g/mol. The Morgan fingerprint density at radius 1 is 0.944 bits per heavy atom. The van der Waals surface area contributed by atoms with Crippen molar-refractivity contribution >= 4 is 5.91 Å². The second-order valence-corrected chi connectivity index (χ2v) is 4.67. The molecule has 0 rings (SSSR count). The van der Waals surface area contributed by atoms with Crippen LogP contribution in [0.2, 0.25) is 0 Å². The highest BCUT2D eigenvalue weighted by atomic mass is 16.1. The molecule has 0 radical (unpaired) electrons. The van der Waals surface area contributed by atoms with Crippen molar-refractivity contribution < 1.29 is 4.79 Å². The van der Waals surface area contributed by atoms with E-state index in [-0.39, 0.29) is 5.91 Å². The van der Waals surface area contributed by atoms with Crippen LogP contribution in [0.4, 0.5) is 0 Å². The van der Waals surface area contributed by atoms with Crippen LogP contribution in [0.3, 0.4) is 0 Å². The number of carbonyl (C=O) groups excluding carboxylic acids is 1. The van der Waals surface area contributed by atoms with E-state index in [2.05, 4.69) is 18.3 Å². The average molecular weight is 251 g/mol. The van der Waals surface area contributed by atoms with Crippen molar-refractivity contribution in [3.8, 4) is 0 Å². The fourth-order valence-corrected chi connectivity index (χ4v) is 1.80. The van der Waals surface area contributed by atoms with Gasteiger partial charge in [-0.15, -0.1) is 0 Å². The molecule has 0 fully saturated rings. The minimum absolute atomic E-state index is 0.0493. The summed E-state index contributed by atoms with van der Waals surface area (Å²) >= 11 is 0. The molecule has 0 atom stereocenters. The number of nitrogens with one attached hydrogen (secondary N) is 1. The standard InChI is InChI=1S/C16H29NO/c1-3-4-5-6-7-8-9-10-11-12-13-14-15-16(18)17-2/h12-15H,3-11H2,1-2H3,(H,17,18). The Balaban J connectivity index is 3.22. The molecule has 0 aromatic rings. The third kappa shape index (κ3) is 13.0. The maximum Gasteiger partial charge on any atom is 0.243 e. The molecule has 0 saturated heterocycles. The zero-order valence-electron chi connectivity index (χ0n) is 12.1. The van der Waals surface area contributed by atoms with Crippen molar-refractivity contribution in [3.63, 3.8) is 0 Å². The molecule has 0 spiro atoms. The first-order chi connectivity index (χ1) is 8.81. The van der Waals surface area contributed by atoms with Gasteiger partial charge in [0.25, 0.3) is 0 Å². The van der Waals surface area contributed by atoms with Crippen LogP contribution in [0.25, 0.3) is 0 Å². The summed E-state index contributed by atoms with van der Waals surface area (Å²) in [6.07, 6.45) is 19.4. The highest BCUT2D eigenvalue weighted by Crippen LogP contribution is 2.09. The van der Waals surface area contributed by atoms with E-state index in [0.717, 1.165) is 6.42 Å². The van der Waals surface area contributed by atoms with Gasteiger partial charge in [-0.25, -0.2) is 0 Å². The van der Waals surface area contributed by atoms with Crippen LogP contribution in [-0.4, -0.2) is 13.0 Å². The van der Waals surface area contributed by atoms with Crippen molar-refractivity contribution in [2.45, 2.75) is 64.7 Å². The Labute approximate surface area is 113 Å². The van der Waals surface area contributed by atoms with Gasteiger partial charge in [-0.05, 0) is 12.8 Å². The molecule has 18 heavy (non-hydrogen) atoms. The molecule has 1 N–H and O–H groups in total. The molecular formula is C16H29NO. The lowest BCUT2D eigenvalue weighted by Crippen LogP contribution is -2.13. The molecule has 2 heteroatoms. The minimum Gasteiger partial charge on any atom is -0.356 e. The maximum absolute atomic E-state index is 10.9. The smallest absolute Gasteiger partial charge is 0.243 e. The van der Waals surface area contributed by atoms with E-state index in [4.69, 9.17) is 0 Å². The van der Waals surface area contributed by atoms with E-state index in [1.165, 1.54) is 51.4 Å². The first-order valence-electron chi connectivity index (χ1n) is 7.36. The Morgan fingerprint density at radius 3 is 2.17 bits per heavy atom. The zero-order chi connectivity index (χ0) is 13.5. The van der Waals surface area contributed by atoms with Crippen LogP contribution in [0.15, 0.2) is 24.3 Å². The molecule has 0 aromatic heterocycles. The maximum atomic E-state index is 10.9. The van der Waals surface area contributed by atoms with Gasteiger partial charge in [0.15, 0.2) is 0 Å². The van der Waals surface area contributed by atoms with E-state index in [1.807, 2.05) is 6.08 Å². The molecule has 0 unspecified atom stereocenters. The van der Waals surface area contributed by atoms with Gasteiger partial charge in [0.2, 0.25) is 5.91 Å². The number of hydrogen-bond acceptors (Lipinski definition) is 1. The molecular weight excluding hydrogens is 222 g/mol. The van der Waals surface area contributed by atoms with Gasteiger partial charge in [0.1, 0.15) is 0 Å². The summed E-state index contributed by atoms with van der Waals surface area (Å²) in [7, 11) is 1.64. The number of rotatable bonds is 11. The van der Waals surface area contributed by atoms with E-state index in [9.17, 15) is 4.79 Å². The summed E-state index contributed by atoms with van der Waals surface area (Å²) in [6, 6.07) is 0. The van der Waals surface area contributed by atoms with Gasteiger partial charge in [-0.3, -0.25) is 4.79 Å². The number of allylic oxidation sites excluding steroid dienone is 3. The summed E-state index contributed by atoms with van der Waals surface area (Å²) in [5.74, 6) is -0.0493. The lowest BCUT2D eigenvalue weighted by molar-refractivity contribution is -0.116. The third-order valence-corrected chi connectivity index (χ3v) is 2.97. The van der Waals surface area contributed by atoms with E-state index in [0.29, 0.717) is 0 Å². The molecule has 0 aromatic carbocycles. The highest BCUT2D eigenvalue weighted by molar-refractivity contribution is 5.87. The molecule has 0 heterocycles. The van der Waals surface area contributed by atoms with Crippen LogP contribution in [-0.2, 0) is 4.79 Å². The number of unbranched alkanes of at least 4 members (excludes halogenated alkanes) is 8. The largest absolute Gasteiger partial charge is 0.356 e. The summed E-state index contributed by atoms with van der Waals surface area (Å²) in [4.78, 5) is 10.9. The predicted octanol–water partition coefficient (Wildman–Crippen LogP) is 4.38. The molecule has 0 bridgehead atoms. The SMILES string of the molecule is CCCCCCCCCCC=CC=CC(=O)NC. The highest BCUT2D eigenvalue weighted by Gasteiger charge is 1.90. The number of amides is 1. The lowest BCUT2D eigenvalue weighted by atomic mass is 10.1. The number of likely N-dealkylation sites (N-methyl/N-ethyl adjacent to an activating group) is 1. The molecule has 2 nitrogen and oxygen atoms in total. The number of carbonyl (C=O) groups is 1. The Bertz CT molecular complexity index is 243. The van der Waals surface area contributed by atoms with E-state index < -0.39 is 0 Å². The molecule has 104 valence electrons. The second-order valence-electron chi connectivity index (χ2n) is 4.67. The minimum atomic E-state index is -0.0493. The van der Waals surface area contributed by atoms with Gasteiger partial charge in [-0.2, -0.15) is 0 Å². The third-order valence-electron chi connectivity index (χ3n) is 2.97. The first-order valence-corrected chi connectivity index (χ1v) is 7.36.